The summed E-state index contributed by atoms with van der Waals surface area (Å²) in [5.41, 5.74) is 4.35. The van der Waals surface area contributed by atoms with Gasteiger partial charge in [-0.2, -0.15) is 0 Å². The molecular weight excluding hydrogens is 715 g/mol. The third-order valence-corrected chi connectivity index (χ3v) is 12.4. The first-order chi connectivity index (χ1) is 22.9. The number of fused-ring (bicyclic) bond motifs is 1. The Hall–Kier alpha value is -3.51. The van der Waals surface area contributed by atoms with E-state index >= 15 is 0 Å². The number of aryl methyl sites for hydroxylation is 1. The molecule has 1 amide bonds. The highest BCUT2D eigenvalue weighted by molar-refractivity contribution is 9.10. The largest absolute Gasteiger partial charge is 0.496 e. The van der Waals surface area contributed by atoms with Gasteiger partial charge in [-0.15, -0.1) is 22.7 Å². The molecule has 2 aromatic heterocycles. The molecule has 3 aromatic carbocycles. The Kier molecular flexibility index (Phi) is 10.8. The van der Waals surface area contributed by atoms with E-state index in [2.05, 4.69) is 73.7 Å². The maximum atomic E-state index is 13.2. The van der Waals surface area contributed by atoms with Crippen molar-refractivity contribution < 1.29 is 19.1 Å². The summed E-state index contributed by atoms with van der Waals surface area (Å²) in [5.74, 6) is 0.697. The lowest BCUT2D eigenvalue weighted by atomic mass is 10.1. The Morgan fingerprint density at radius 1 is 0.979 bits per heavy atom. The van der Waals surface area contributed by atoms with E-state index in [9.17, 15) is 9.59 Å². The van der Waals surface area contributed by atoms with Crippen molar-refractivity contribution in [2.45, 2.75) is 25.2 Å². The quantitative estimate of drug-likeness (QED) is 0.0988. The highest BCUT2D eigenvalue weighted by Gasteiger charge is 2.27. The van der Waals surface area contributed by atoms with E-state index in [1.807, 2.05) is 48.4 Å². The van der Waals surface area contributed by atoms with Crippen molar-refractivity contribution in [2.24, 2.45) is 0 Å². The second-order valence-electron chi connectivity index (χ2n) is 11.1. The van der Waals surface area contributed by atoms with Crippen LogP contribution in [0.15, 0.2) is 87.5 Å². The Balaban J connectivity index is 1.28. The first kappa shape index (κ1) is 33.4. The summed E-state index contributed by atoms with van der Waals surface area (Å²) in [5, 5.41) is 3.01. The molecular formula is C36H36BrN3O4S3. The number of benzene rings is 3. The van der Waals surface area contributed by atoms with Crippen molar-refractivity contribution in [2.75, 3.05) is 55.6 Å². The number of amides is 1. The van der Waals surface area contributed by atoms with Crippen LogP contribution in [-0.4, -0.2) is 63.2 Å². The average molecular weight is 751 g/mol. The molecule has 6 rings (SSSR count). The van der Waals surface area contributed by atoms with Crippen LogP contribution < -0.4 is 13.9 Å². The fraction of sp³-hybridized carbons (Fsp3) is 0.278. The van der Waals surface area contributed by atoms with Crippen molar-refractivity contribution in [1.29, 1.82) is 0 Å². The van der Waals surface area contributed by atoms with Crippen molar-refractivity contribution in [1.82, 2.24) is 4.90 Å². The number of methoxy groups -OCH3 is 1. The number of thiophene rings is 2. The highest BCUT2D eigenvalue weighted by atomic mass is 79.9. The van der Waals surface area contributed by atoms with E-state index in [-0.39, 0.29) is 11.9 Å². The van der Waals surface area contributed by atoms with E-state index < -0.39 is 0 Å². The fourth-order valence-corrected chi connectivity index (χ4v) is 9.39. The number of hydrogen-bond acceptors (Lipinski definition) is 9. The smallest absolute Gasteiger partial charge is 0.348 e. The maximum Gasteiger partial charge on any atom is 0.348 e. The van der Waals surface area contributed by atoms with E-state index in [4.69, 9.17) is 9.47 Å². The predicted octanol–water partition coefficient (Wildman–Crippen LogP) is 8.94. The SMILES string of the molecule is CCOC(=O)c1sc2ccc(SN(CCc3ccccc3OC)c3ccccc3N3CCN(C(=O)c4sccc4Br)CC3)cc2c1C. The Morgan fingerprint density at radius 2 is 1.74 bits per heavy atom. The van der Waals surface area contributed by atoms with E-state index in [0.29, 0.717) is 24.6 Å². The lowest BCUT2D eigenvalue weighted by Gasteiger charge is -2.38. The van der Waals surface area contributed by atoms with Gasteiger partial charge in [-0.05, 0) is 113 Å². The molecule has 1 saturated heterocycles. The second kappa shape index (κ2) is 15.1. The minimum Gasteiger partial charge on any atom is -0.496 e. The molecule has 0 saturated carbocycles. The monoisotopic (exact) mass is 749 g/mol. The normalized spacial score (nSPS) is 13.2. The second-order valence-corrected chi connectivity index (χ2v) is 15.0. The zero-order valence-electron chi connectivity index (χ0n) is 26.5. The maximum absolute atomic E-state index is 13.2. The number of carbonyl (C=O) groups is 2. The van der Waals surface area contributed by atoms with Crippen LogP contribution in [0.25, 0.3) is 10.1 Å². The van der Waals surface area contributed by atoms with Gasteiger partial charge in [0.1, 0.15) is 15.5 Å². The zero-order chi connectivity index (χ0) is 32.9. The molecule has 0 aliphatic carbocycles. The third kappa shape index (κ3) is 7.33. The average Bonchev–Trinajstić information content (AvgIpc) is 3.68. The van der Waals surface area contributed by atoms with Crippen LogP contribution in [0, 0.1) is 6.92 Å². The predicted molar refractivity (Wildman–Crippen MR) is 199 cm³/mol. The molecule has 0 atom stereocenters. The van der Waals surface area contributed by atoms with Gasteiger partial charge in [0, 0.05) is 46.8 Å². The minimum atomic E-state index is -0.266. The standard InChI is InChI=1S/C36H36BrN3O4S3/c1-4-44-36(42)33-24(2)27-23-26(13-14-32(27)46-33)47-40(17-15-25-9-5-8-12-31(25)43-3)30-11-7-6-10-29(30)38-18-20-39(21-19-38)35(41)34-28(37)16-22-45-34/h5-14,16,22-23H,4,15,17-21H2,1-3H3. The molecule has 0 radical (unpaired) electrons. The molecule has 5 aromatic rings. The fourth-order valence-electron chi connectivity index (χ4n) is 5.81. The number of hydrogen-bond donors (Lipinski definition) is 0. The molecule has 0 N–H and O–H groups in total. The van der Waals surface area contributed by atoms with Crippen LogP contribution in [0.1, 0.15) is 37.4 Å². The van der Waals surface area contributed by atoms with Crippen LogP contribution in [0.5, 0.6) is 5.75 Å². The number of para-hydroxylation sites is 3. The van der Waals surface area contributed by atoms with Crippen LogP contribution in [0.4, 0.5) is 11.4 Å². The number of piperazine rings is 1. The molecule has 0 bridgehead atoms. The molecule has 1 fully saturated rings. The van der Waals surface area contributed by atoms with Gasteiger partial charge in [-0.3, -0.25) is 4.79 Å². The Morgan fingerprint density at radius 3 is 2.49 bits per heavy atom. The molecule has 1 aliphatic rings. The summed E-state index contributed by atoms with van der Waals surface area (Å²) in [6, 6.07) is 25.0. The lowest BCUT2D eigenvalue weighted by Crippen LogP contribution is -2.49. The van der Waals surface area contributed by atoms with E-state index in [1.54, 1.807) is 19.1 Å². The molecule has 47 heavy (non-hydrogen) atoms. The van der Waals surface area contributed by atoms with E-state index in [0.717, 1.165) is 78.6 Å². The lowest BCUT2D eigenvalue weighted by molar-refractivity contribution is 0.0531. The first-order valence-corrected chi connectivity index (χ1v) is 18.8. The van der Waals surface area contributed by atoms with Crippen molar-refractivity contribution in [3.8, 4) is 5.75 Å². The summed E-state index contributed by atoms with van der Waals surface area (Å²) in [6.45, 7) is 7.71. The summed E-state index contributed by atoms with van der Waals surface area (Å²) < 4.78 is 15.3. The zero-order valence-corrected chi connectivity index (χ0v) is 30.6. The number of ether oxygens (including phenoxy) is 2. The Labute approximate surface area is 296 Å². The molecule has 0 unspecified atom stereocenters. The van der Waals surface area contributed by atoms with Gasteiger partial charge in [0.15, 0.2) is 0 Å². The number of carbonyl (C=O) groups excluding carboxylic acids is 2. The number of rotatable bonds is 11. The summed E-state index contributed by atoms with van der Waals surface area (Å²) >= 11 is 8.18. The summed E-state index contributed by atoms with van der Waals surface area (Å²) in [7, 11) is 1.71. The summed E-state index contributed by atoms with van der Waals surface area (Å²) in [6.07, 6.45) is 0.788. The van der Waals surface area contributed by atoms with Gasteiger partial charge in [0.05, 0.1) is 25.1 Å². The molecule has 244 valence electrons. The van der Waals surface area contributed by atoms with Crippen molar-refractivity contribution >= 4 is 83.9 Å². The number of nitrogens with zero attached hydrogens (tertiary/aromatic N) is 3. The van der Waals surface area contributed by atoms with Crippen LogP contribution in [0.3, 0.4) is 0 Å². The Bertz CT molecular complexity index is 1880. The van der Waals surface area contributed by atoms with Gasteiger partial charge in [-0.25, -0.2) is 4.79 Å². The van der Waals surface area contributed by atoms with Gasteiger partial charge >= 0.3 is 5.97 Å². The molecule has 0 spiro atoms. The number of anilines is 2. The van der Waals surface area contributed by atoms with E-state index in [1.165, 1.54) is 22.7 Å². The van der Waals surface area contributed by atoms with Crippen LogP contribution in [0.2, 0.25) is 0 Å². The van der Waals surface area contributed by atoms with Crippen molar-refractivity contribution in [3.63, 3.8) is 0 Å². The number of esters is 1. The van der Waals surface area contributed by atoms with Gasteiger partial charge in [-0.1, -0.05) is 30.3 Å². The van der Waals surface area contributed by atoms with Crippen LogP contribution in [-0.2, 0) is 11.2 Å². The summed E-state index contributed by atoms with van der Waals surface area (Å²) in [4.78, 5) is 32.7. The van der Waals surface area contributed by atoms with Gasteiger partial charge in [0.2, 0.25) is 0 Å². The van der Waals surface area contributed by atoms with Gasteiger partial charge in [0.25, 0.3) is 5.91 Å². The first-order valence-electron chi connectivity index (χ1n) is 15.5. The topological polar surface area (TPSA) is 62.3 Å². The molecule has 3 heterocycles. The van der Waals surface area contributed by atoms with Crippen LogP contribution >= 0.6 is 50.6 Å². The molecule has 11 heteroatoms. The van der Waals surface area contributed by atoms with Crippen molar-refractivity contribution in [3.05, 3.63) is 104 Å². The third-order valence-electron chi connectivity index (χ3n) is 8.23. The number of halogens is 1. The minimum absolute atomic E-state index is 0.0824. The highest BCUT2D eigenvalue weighted by Crippen LogP contribution is 2.40. The molecule has 7 nitrogen and oxygen atoms in total. The molecule has 1 aliphatic heterocycles. The van der Waals surface area contributed by atoms with Gasteiger partial charge < -0.3 is 23.6 Å².